The topological polar surface area (TPSA) is 49.4 Å². The maximum absolute atomic E-state index is 12.4. The van der Waals surface area contributed by atoms with Crippen molar-refractivity contribution in [2.24, 2.45) is 0 Å². The third-order valence-electron chi connectivity index (χ3n) is 4.22. The molecule has 0 amide bonds. The number of sulfonamides is 1. The van der Waals surface area contributed by atoms with Crippen molar-refractivity contribution >= 4 is 44.6 Å². The fourth-order valence-electron chi connectivity index (χ4n) is 2.95. The smallest absolute Gasteiger partial charge is 0.236 e. The van der Waals surface area contributed by atoms with Gasteiger partial charge in [-0.25, -0.2) is 8.42 Å². The van der Waals surface area contributed by atoms with Gasteiger partial charge in [-0.3, -0.25) is 4.72 Å². The van der Waals surface area contributed by atoms with Gasteiger partial charge in [0.15, 0.2) is 0 Å². The molecule has 1 N–H and O–H groups in total. The highest BCUT2D eigenvalue weighted by Gasteiger charge is 2.15. The van der Waals surface area contributed by atoms with E-state index in [-0.39, 0.29) is 5.75 Å². The van der Waals surface area contributed by atoms with Gasteiger partial charge in [0.25, 0.3) is 0 Å². The predicted octanol–water partition coefficient (Wildman–Crippen LogP) is 4.93. The summed E-state index contributed by atoms with van der Waals surface area (Å²) in [4.78, 5) is 2.33. The summed E-state index contributed by atoms with van der Waals surface area (Å²) in [7, 11) is -3.55. The summed E-state index contributed by atoms with van der Waals surface area (Å²) in [5.41, 5.74) is 2.19. The average molecular weight is 399 g/mol. The summed E-state index contributed by atoms with van der Waals surface area (Å²) in [6, 6.07) is 12.3. The maximum Gasteiger partial charge on any atom is 0.236 e. The quantitative estimate of drug-likeness (QED) is 0.776. The monoisotopic (exact) mass is 398 g/mol. The average Bonchev–Trinajstić information content (AvgIpc) is 2.58. The van der Waals surface area contributed by atoms with Gasteiger partial charge in [-0.2, -0.15) is 0 Å². The summed E-state index contributed by atoms with van der Waals surface area (Å²) >= 11 is 11.9. The van der Waals surface area contributed by atoms with Crippen LogP contribution in [0, 0.1) is 0 Å². The number of nitrogens with one attached hydrogen (secondary N) is 1. The Balaban J connectivity index is 1.68. The first-order valence-corrected chi connectivity index (χ1v) is 10.6. The van der Waals surface area contributed by atoms with Crippen LogP contribution in [0.2, 0.25) is 10.0 Å². The van der Waals surface area contributed by atoms with E-state index in [1.54, 1.807) is 30.3 Å². The first-order chi connectivity index (χ1) is 11.9. The lowest BCUT2D eigenvalue weighted by molar-refractivity contribution is 0.578. The molecule has 1 aliphatic rings. The van der Waals surface area contributed by atoms with E-state index >= 15 is 0 Å². The van der Waals surface area contributed by atoms with Crippen molar-refractivity contribution in [1.29, 1.82) is 0 Å². The van der Waals surface area contributed by atoms with E-state index in [0.717, 1.165) is 18.8 Å². The van der Waals surface area contributed by atoms with E-state index in [9.17, 15) is 8.42 Å². The maximum atomic E-state index is 12.4. The molecule has 0 aromatic heterocycles. The van der Waals surface area contributed by atoms with Crippen LogP contribution < -0.4 is 9.62 Å². The van der Waals surface area contributed by atoms with Crippen LogP contribution in [0.5, 0.6) is 0 Å². The molecular formula is C18H20Cl2N2O2S. The molecule has 25 heavy (non-hydrogen) atoms. The fourth-order valence-corrected chi connectivity index (χ4v) is 4.73. The normalized spacial score (nSPS) is 15.2. The van der Waals surface area contributed by atoms with Crippen molar-refractivity contribution in [2.75, 3.05) is 22.7 Å². The zero-order valence-electron chi connectivity index (χ0n) is 13.7. The van der Waals surface area contributed by atoms with Crippen molar-refractivity contribution in [3.05, 3.63) is 58.1 Å². The number of halogens is 2. The SMILES string of the molecule is O=S(=O)(Cc1ccc(Cl)cc1Cl)Nc1ccc(N2CCCCC2)cc1. The van der Waals surface area contributed by atoms with E-state index in [0.29, 0.717) is 21.3 Å². The Hall–Kier alpha value is -1.43. The molecule has 0 bridgehead atoms. The summed E-state index contributed by atoms with van der Waals surface area (Å²) < 4.78 is 27.4. The second-order valence-corrected chi connectivity index (χ2v) is 8.76. The third kappa shape index (κ3) is 5.03. The zero-order chi connectivity index (χ0) is 17.9. The molecule has 3 rings (SSSR count). The first-order valence-electron chi connectivity index (χ1n) is 8.22. The van der Waals surface area contributed by atoms with Gasteiger partial charge in [-0.1, -0.05) is 29.3 Å². The van der Waals surface area contributed by atoms with Crippen molar-refractivity contribution in [2.45, 2.75) is 25.0 Å². The molecule has 0 atom stereocenters. The standard InChI is InChI=1S/C18H20Cl2N2O2S/c19-15-5-4-14(18(20)12-15)13-25(23,24)21-16-6-8-17(9-7-16)22-10-2-1-3-11-22/h4-9,12,21H,1-3,10-11,13H2. The molecule has 1 aliphatic heterocycles. The number of hydrogen-bond donors (Lipinski definition) is 1. The largest absolute Gasteiger partial charge is 0.372 e. The number of rotatable bonds is 5. The molecule has 134 valence electrons. The highest BCUT2D eigenvalue weighted by atomic mass is 35.5. The molecule has 2 aromatic rings. The molecule has 0 unspecified atom stereocenters. The van der Waals surface area contributed by atoms with Crippen LogP contribution in [0.4, 0.5) is 11.4 Å². The van der Waals surface area contributed by atoms with Crippen LogP contribution in [0.25, 0.3) is 0 Å². The van der Waals surface area contributed by atoms with Crippen LogP contribution in [-0.2, 0) is 15.8 Å². The minimum absolute atomic E-state index is 0.198. The molecule has 2 aromatic carbocycles. The Morgan fingerprint density at radius 3 is 2.28 bits per heavy atom. The molecule has 0 spiro atoms. The summed E-state index contributed by atoms with van der Waals surface area (Å²) in [6.45, 7) is 2.11. The van der Waals surface area contributed by atoms with Gasteiger partial charge in [0.1, 0.15) is 0 Å². The molecule has 7 heteroatoms. The van der Waals surface area contributed by atoms with Crippen LogP contribution in [0.1, 0.15) is 24.8 Å². The Morgan fingerprint density at radius 2 is 1.64 bits per heavy atom. The summed E-state index contributed by atoms with van der Waals surface area (Å²) in [6.07, 6.45) is 3.69. The lowest BCUT2D eigenvalue weighted by Crippen LogP contribution is -2.29. The van der Waals surface area contributed by atoms with Crippen LogP contribution in [0.3, 0.4) is 0 Å². The van der Waals surface area contributed by atoms with E-state index in [4.69, 9.17) is 23.2 Å². The lowest BCUT2D eigenvalue weighted by atomic mass is 10.1. The van der Waals surface area contributed by atoms with Crippen molar-refractivity contribution in [1.82, 2.24) is 0 Å². The molecule has 1 heterocycles. The number of benzene rings is 2. The van der Waals surface area contributed by atoms with Gasteiger partial charge in [0, 0.05) is 34.5 Å². The van der Waals surface area contributed by atoms with E-state index < -0.39 is 10.0 Å². The van der Waals surface area contributed by atoms with Gasteiger partial charge < -0.3 is 4.90 Å². The first kappa shape index (κ1) is 18.4. The third-order valence-corrected chi connectivity index (χ3v) is 6.05. The molecular weight excluding hydrogens is 379 g/mol. The van der Waals surface area contributed by atoms with E-state index in [1.165, 1.54) is 19.3 Å². The lowest BCUT2D eigenvalue weighted by Gasteiger charge is -2.28. The van der Waals surface area contributed by atoms with Crippen molar-refractivity contribution in [3.63, 3.8) is 0 Å². The predicted molar refractivity (Wildman–Crippen MR) is 105 cm³/mol. The molecule has 4 nitrogen and oxygen atoms in total. The zero-order valence-corrected chi connectivity index (χ0v) is 16.0. The number of anilines is 2. The van der Waals surface area contributed by atoms with Gasteiger partial charge in [-0.15, -0.1) is 0 Å². The van der Waals surface area contributed by atoms with Crippen LogP contribution in [-0.4, -0.2) is 21.5 Å². The van der Waals surface area contributed by atoms with Crippen LogP contribution in [0.15, 0.2) is 42.5 Å². The van der Waals surface area contributed by atoms with E-state index in [2.05, 4.69) is 9.62 Å². The Labute approximate surface area is 158 Å². The van der Waals surface area contributed by atoms with Gasteiger partial charge in [-0.05, 0) is 61.2 Å². The summed E-state index contributed by atoms with van der Waals surface area (Å²) in [5.74, 6) is -0.198. The van der Waals surface area contributed by atoms with Crippen molar-refractivity contribution in [3.8, 4) is 0 Å². The Kier molecular flexibility index (Phi) is 5.77. The van der Waals surface area contributed by atoms with Crippen molar-refractivity contribution < 1.29 is 8.42 Å². The van der Waals surface area contributed by atoms with Gasteiger partial charge >= 0.3 is 0 Å². The number of hydrogen-bond acceptors (Lipinski definition) is 3. The Bertz CT molecular complexity index is 833. The van der Waals surface area contributed by atoms with Gasteiger partial charge in [0.05, 0.1) is 5.75 Å². The van der Waals surface area contributed by atoms with E-state index in [1.807, 2.05) is 12.1 Å². The number of piperidine rings is 1. The highest BCUT2D eigenvalue weighted by Crippen LogP contribution is 2.25. The molecule has 0 saturated carbocycles. The minimum Gasteiger partial charge on any atom is -0.372 e. The molecule has 1 saturated heterocycles. The fraction of sp³-hybridized carbons (Fsp3) is 0.333. The molecule has 0 radical (unpaired) electrons. The second-order valence-electron chi connectivity index (χ2n) is 6.19. The summed E-state index contributed by atoms with van der Waals surface area (Å²) in [5, 5.41) is 0.825. The Morgan fingerprint density at radius 1 is 0.960 bits per heavy atom. The minimum atomic E-state index is -3.55. The van der Waals surface area contributed by atoms with Gasteiger partial charge in [0.2, 0.25) is 10.0 Å². The second kappa shape index (κ2) is 7.85. The molecule has 1 fully saturated rings. The highest BCUT2D eigenvalue weighted by molar-refractivity contribution is 7.91. The van der Waals surface area contributed by atoms with Crippen LogP contribution >= 0.6 is 23.2 Å². The number of nitrogens with zero attached hydrogens (tertiary/aromatic N) is 1. The molecule has 0 aliphatic carbocycles.